The Morgan fingerprint density at radius 2 is 2.10 bits per heavy atom. The monoisotopic (exact) mass is 291 g/mol. The van der Waals surface area contributed by atoms with Gasteiger partial charge in [-0.15, -0.1) is 0 Å². The molecule has 0 aliphatic heterocycles. The summed E-state index contributed by atoms with van der Waals surface area (Å²) in [5, 5.41) is 3.95. The first kappa shape index (κ1) is 14.8. The van der Waals surface area contributed by atoms with Crippen molar-refractivity contribution >= 4 is 11.6 Å². The fourth-order valence-electron chi connectivity index (χ4n) is 1.63. The number of halogens is 1. The average molecular weight is 292 g/mol. The second kappa shape index (κ2) is 7.22. The molecular weight excluding hydrogens is 274 g/mol. The summed E-state index contributed by atoms with van der Waals surface area (Å²) in [6.07, 6.45) is 3.33. The molecule has 0 saturated carbocycles. The third-order valence-electron chi connectivity index (χ3n) is 2.56. The summed E-state index contributed by atoms with van der Waals surface area (Å²) in [5.74, 6) is 1.73. The van der Waals surface area contributed by atoms with Crippen LogP contribution in [-0.2, 0) is 6.54 Å². The lowest BCUT2D eigenvalue weighted by Crippen LogP contribution is -2.19. The van der Waals surface area contributed by atoms with Crippen LogP contribution in [0.5, 0.6) is 11.6 Å². The normalized spacial score (nSPS) is 10.8. The molecule has 0 spiro atoms. The van der Waals surface area contributed by atoms with Gasteiger partial charge in [-0.1, -0.05) is 31.5 Å². The van der Waals surface area contributed by atoms with Crippen molar-refractivity contribution in [3.63, 3.8) is 0 Å². The summed E-state index contributed by atoms with van der Waals surface area (Å²) in [5.41, 5.74) is 0.893. The van der Waals surface area contributed by atoms with Crippen LogP contribution < -0.4 is 10.1 Å². The molecule has 2 rings (SSSR count). The van der Waals surface area contributed by atoms with Gasteiger partial charge in [0.25, 0.3) is 0 Å². The van der Waals surface area contributed by atoms with Crippen molar-refractivity contribution < 1.29 is 4.74 Å². The maximum absolute atomic E-state index is 5.89. The first-order chi connectivity index (χ1) is 9.63. The van der Waals surface area contributed by atoms with Gasteiger partial charge in [-0.05, 0) is 30.7 Å². The predicted octanol–water partition coefficient (Wildman–Crippen LogP) is 3.67. The van der Waals surface area contributed by atoms with E-state index < -0.39 is 0 Å². The van der Waals surface area contributed by atoms with Gasteiger partial charge in [-0.25, -0.2) is 4.98 Å². The van der Waals surface area contributed by atoms with Crippen LogP contribution in [0.15, 0.2) is 36.7 Å². The number of hydrogen-bond donors (Lipinski definition) is 1. The Kier molecular flexibility index (Phi) is 5.32. The van der Waals surface area contributed by atoms with Crippen LogP contribution in [0.4, 0.5) is 0 Å². The maximum atomic E-state index is 5.89. The van der Waals surface area contributed by atoms with E-state index in [0.717, 1.165) is 12.2 Å². The van der Waals surface area contributed by atoms with E-state index in [4.69, 9.17) is 16.3 Å². The minimum Gasteiger partial charge on any atom is -0.437 e. The largest absolute Gasteiger partial charge is 0.437 e. The van der Waals surface area contributed by atoms with E-state index in [1.165, 1.54) is 0 Å². The minimum atomic E-state index is 0.458. The molecule has 0 amide bonds. The van der Waals surface area contributed by atoms with Crippen LogP contribution in [0.3, 0.4) is 0 Å². The van der Waals surface area contributed by atoms with Gasteiger partial charge in [-0.2, -0.15) is 0 Å². The molecule has 0 atom stereocenters. The summed E-state index contributed by atoms with van der Waals surface area (Å²) >= 11 is 5.89. The molecular formula is C15H18ClN3O. The molecule has 20 heavy (non-hydrogen) atoms. The van der Waals surface area contributed by atoms with E-state index in [2.05, 4.69) is 29.1 Å². The van der Waals surface area contributed by atoms with Crippen LogP contribution >= 0.6 is 11.6 Å². The number of aromatic nitrogens is 2. The Bertz CT molecular complexity index is 543. The minimum absolute atomic E-state index is 0.458. The smallest absolute Gasteiger partial charge is 0.237 e. The van der Waals surface area contributed by atoms with Gasteiger partial charge < -0.3 is 10.1 Å². The maximum Gasteiger partial charge on any atom is 0.237 e. The number of rotatable bonds is 6. The van der Waals surface area contributed by atoms with Crippen LogP contribution in [0.2, 0.25) is 5.02 Å². The second-order valence-electron chi connectivity index (χ2n) is 4.93. The van der Waals surface area contributed by atoms with Gasteiger partial charge in [-0.3, -0.25) is 4.98 Å². The molecule has 106 valence electrons. The number of ether oxygens (including phenoxy) is 1. The quantitative estimate of drug-likeness (QED) is 0.882. The topological polar surface area (TPSA) is 47.0 Å². The van der Waals surface area contributed by atoms with Crippen LogP contribution in [0.25, 0.3) is 0 Å². The van der Waals surface area contributed by atoms with E-state index in [1.54, 1.807) is 24.5 Å². The molecule has 0 saturated heterocycles. The highest BCUT2D eigenvalue weighted by molar-refractivity contribution is 6.30. The van der Waals surface area contributed by atoms with Gasteiger partial charge in [0.05, 0.1) is 18.1 Å². The summed E-state index contributed by atoms with van der Waals surface area (Å²) < 4.78 is 5.58. The fourth-order valence-corrected chi connectivity index (χ4v) is 1.81. The summed E-state index contributed by atoms with van der Waals surface area (Å²) in [6, 6.07) is 7.19. The molecule has 1 N–H and O–H groups in total. The van der Waals surface area contributed by atoms with Gasteiger partial charge in [0.2, 0.25) is 5.88 Å². The second-order valence-corrected chi connectivity index (χ2v) is 5.37. The van der Waals surface area contributed by atoms with Gasteiger partial charge in [0.1, 0.15) is 5.75 Å². The Balaban J connectivity index is 1.91. The lowest BCUT2D eigenvalue weighted by atomic mass is 10.2. The van der Waals surface area contributed by atoms with Crippen molar-refractivity contribution in [2.75, 3.05) is 6.54 Å². The molecule has 0 aliphatic carbocycles. The van der Waals surface area contributed by atoms with E-state index in [9.17, 15) is 0 Å². The summed E-state index contributed by atoms with van der Waals surface area (Å²) in [6.45, 7) is 6.01. The molecule has 1 aromatic heterocycles. The van der Waals surface area contributed by atoms with E-state index >= 15 is 0 Å². The lowest BCUT2D eigenvalue weighted by molar-refractivity contribution is 0.458. The first-order valence-corrected chi connectivity index (χ1v) is 6.96. The molecule has 4 nitrogen and oxygen atoms in total. The van der Waals surface area contributed by atoms with Crippen LogP contribution in [-0.4, -0.2) is 16.5 Å². The molecule has 2 aromatic rings. The molecule has 1 aromatic carbocycles. The number of benzene rings is 1. The highest BCUT2D eigenvalue weighted by Gasteiger charge is 2.02. The zero-order valence-electron chi connectivity index (χ0n) is 11.6. The number of nitrogens with zero attached hydrogens (tertiary/aromatic N) is 2. The van der Waals surface area contributed by atoms with Gasteiger partial charge in [0.15, 0.2) is 0 Å². The third-order valence-corrected chi connectivity index (χ3v) is 2.79. The Labute approximate surface area is 124 Å². The first-order valence-electron chi connectivity index (χ1n) is 6.58. The Hall–Kier alpha value is -1.65. The zero-order valence-corrected chi connectivity index (χ0v) is 12.4. The highest BCUT2D eigenvalue weighted by atomic mass is 35.5. The Morgan fingerprint density at radius 3 is 2.75 bits per heavy atom. The van der Waals surface area contributed by atoms with Crippen molar-refractivity contribution in [2.45, 2.75) is 20.4 Å². The molecule has 1 heterocycles. The summed E-state index contributed by atoms with van der Waals surface area (Å²) in [7, 11) is 0. The highest BCUT2D eigenvalue weighted by Crippen LogP contribution is 2.21. The lowest BCUT2D eigenvalue weighted by Gasteiger charge is -2.07. The Morgan fingerprint density at radius 1 is 1.25 bits per heavy atom. The SMILES string of the molecule is CC(C)CNCc1cnc(Oc2cccc(Cl)c2)cn1. The third kappa shape index (κ3) is 4.79. The summed E-state index contributed by atoms with van der Waals surface area (Å²) in [4.78, 5) is 8.54. The average Bonchev–Trinajstić information content (AvgIpc) is 2.40. The van der Waals surface area contributed by atoms with Crippen molar-refractivity contribution in [2.24, 2.45) is 5.92 Å². The molecule has 0 bridgehead atoms. The molecule has 0 unspecified atom stereocenters. The fraction of sp³-hybridized carbons (Fsp3) is 0.333. The standard InChI is InChI=1S/C15H18ClN3O/c1-11(2)7-17-8-13-9-19-15(10-18-13)20-14-5-3-4-12(16)6-14/h3-6,9-11,17H,7-8H2,1-2H3. The molecule has 5 heteroatoms. The predicted molar refractivity (Wildman–Crippen MR) is 80.1 cm³/mol. The van der Waals surface area contributed by atoms with Crippen molar-refractivity contribution in [1.29, 1.82) is 0 Å². The zero-order chi connectivity index (χ0) is 14.4. The molecule has 0 radical (unpaired) electrons. The van der Waals surface area contributed by atoms with Gasteiger partial charge >= 0.3 is 0 Å². The molecule has 0 aliphatic rings. The van der Waals surface area contributed by atoms with E-state index in [0.29, 0.717) is 29.1 Å². The van der Waals surface area contributed by atoms with Crippen molar-refractivity contribution in [3.05, 3.63) is 47.4 Å². The van der Waals surface area contributed by atoms with Crippen LogP contribution in [0, 0.1) is 5.92 Å². The molecule has 0 fully saturated rings. The number of nitrogens with one attached hydrogen (secondary N) is 1. The van der Waals surface area contributed by atoms with E-state index in [-0.39, 0.29) is 0 Å². The van der Waals surface area contributed by atoms with Gasteiger partial charge in [0, 0.05) is 11.6 Å². The number of hydrogen-bond acceptors (Lipinski definition) is 4. The van der Waals surface area contributed by atoms with Crippen molar-refractivity contribution in [3.8, 4) is 11.6 Å². The van der Waals surface area contributed by atoms with E-state index in [1.807, 2.05) is 12.1 Å². The van der Waals surface area contributed by atoms with Crippen LogP contribution in [0.1, 0.15) is 19.5 Å². The van der Waals surface area contributed by atoms with Crippen molar-refractivity contribution in [1.82, 2.24) is 15.3 Å².